The molecular weight excluding hydrogens is 521 g/mol. The van der Waals surface area contributed by atoms with Crippen LogP contribution in [0.25, 0.3) is 0 Å². The quantitative estimate of drug-likeness (QED) is 0.323. The Balaban J connectivity index is 2.28. The number of carbonyl (C=O) groups is 3. The second kappa shape index (κ2) is 12.7. The van der Waals surface area contributed by atoms with Gasteiger partial charge in [0.05, 0.1) is 46.1 Å². The monoisotopic (exact) mass is 547 g/mol. The zero-order valence-electron chi connectivity index (χ0n) is 20.9. The van der Waals surface area contributed by atoms with Gasteiger partial charge in [-0.2, -0.15) is 0 Å². The molecule has 0 radical (unpaired) electrons. The minimum Gasteiger partial charge on any atom is -0.496 e. The average Bonchev–Trinajstić information content (AvgIpc) is 2.90. The Hall–Kier alpha value is -3.36. The zero-order chi connectivity index (χ0) is 27.1. The largest absolute Gasteiger partial charge is 0.496 e. The molecule has 2 aromatic carbocycles. The Morgan fingerprint density at radius 2 is 1.54 bits per heavy atom. The first-order valence-electron chi connectivity index (χ1n) is 11.4. The number of para-hydroxylation sites is 1. The molecule has 0 amide bonds. The fourth-order valence-electron chi connectivity index (χ4n) is 4.44. The SMILES string of the molecule is COC(=O)CC1=NC(CCc2ccccc2OC)=C(C(=O)OC)C(c2c(Cl)cccc2Cl)C1C(=O)OC. The molecule has 10 heteroatoms. The topological polar surface area (TPSA) is 100 Å². The summed E-state index contributed by atoms with van der Waals surface area (Å²) in [4.78, 5) is 43.4. The van der Waals surface area contributed by atoms with Crippen LogP contribution in [0.4, 0.5) is 0 Å². The van der Waals surface area contributed by atoms with E-state index in [4.69, 9.17) is 42.1 Å². The van der Waals surface area contributed by atoms with Gasteiger partial charge in [-0.3, -0.25) is 14.6 Å². The number of allylic oxidation sites excluding steroid dienone is 1. The lowest BCUT2D eigenvalue weighted by Crippen LogP contribution is -2.38. The molecule has 0 spiro atoms. The maximum atomic E-state index is 13.3. The minimum atomic E-state index is -1.18. The van der Waals surface area contributed by atoms with E-state index in [0.29, 0.717) is 23.4 Å². The van der Waals surface area contributed by atoms with Crippen LogP contribution in [0.3, 0.4) is 0 Å². The van der Waals surface area contributed by atoms with Gasteiger partial charge in [-0.15, -0.1) is 0 Å². The normalized spacial score (nSPS) is 17.1. The molecule has 0 saturated heterocycles. The van der Waals surface area contributed by atoms with Crippen LogP contribution in [-0.4, -0.2) is 52.1 Å². The van der Waals surface area contributed by atoms with Gasteiger partial charge in [0.2, 0.25) is 0 Å². The van der Waals surface area contributed by atoms with E-state index in [2.05, 4.69) is 4.99 Å². The van der Waals surface area contributed by atoms with Gasteiger partial charge in [0.15, 0.2) is 0 Å². The summed E-state index contributed by atoms with van der Waals surface area (Å²) in [6, 6.07) is 12.3. The molecule has 37 heavy (non-hydrogen) atoms. The third-order valence-corrected chi connectivity index (χ3v) is 6.80. The highest BCUT2D eigenvalue weighted by molar-refractivity contribution is 6.36. The van der Waals surface area contributed by atoms with Crippen molar-refractivity contribution in [3.05, 3.63) is 74.9 Å². The summed E-state index contributed by atoms with van der Waals surface area (Å²) in [7, 11) is 5.25. The van der Waals surface area contributed by atoms with E-state index in [1.807, 2.05) is 24.3 Å². The number of hydrogen-bond acceptors (Lipinski definition) is 8. The molecule has 0 bridgehead atoms. The van der Waals surface area contributed by atoms with Crippen molar-refractivity contribution in [1.82, 2.24) is 0 Å². The molecule has 1 aliphatic rings. The third-order valence-electron chi connectivity index (χ3n) is 6.14. The highest BCUT2D eigenvalue weighted by Crippen LogP contribution is 2.46. The van der Waals surface area contributed by atoms with Crippen LogP contribution in [0.1, 0.15) is 29.9 Å². The average molecular weight is 548 g/mol. The van der Waals surface area contributed by atoms with Gasteiger partial charge in [0, 0.05) is 21.7 Å². The van der Waals surface area contributed by atoms with Crippen LogP contribution in [0.2, 0.25) is 10.0 Å². The predicted molar refractivity (Wildman–Crippen MR) is 139 cm³/mol. The molecule has 1 aliphatic heterocycles. The van der Waals surface area contributed by atoms with E-state index >= 15 is 0 Å². The first-order chi connectivity index (χ1) is 17.8. The Labute approximate surface area is 225 Å². The lowest BCUT2D eigenvalue weighted by molar-refractivity contribution is -0.143. The third kappa shape index (κ3) is 6.14. The van der Waals surface area contributed by atoms with Crippen molar-refractivity contribution in [2.75, 3.05) is 28.4 Å². The summed E-state index contributed by atoms with van der Waals surface area (Å²) in [5, 5.41) is 0.465. The number of aliphatic imine (C=N–C) groups is 1. The highest BCUT2D eigenvalue weighted by Gasteiger charge is 2.46. The van der Waals surface area contributed by atoms with Crippen LogP contribution in [0.5, 0.6) is 5.75 Å². The van der Waals surface area contributed by atoms with Crippen LogP contribution in [0.15, 0.2) is 58.7 Å². The van der Waals surface area contributed by atoms with Crippen molar-refractivity contribution in [2.45, 2.75) is 25.2 Å². The molecule has 3 rings (SSSR count). The fraction of sp³-hybridized carbons (Fsp3) is 0.333. The molecule has 196 valence electrons. The Morgan fingerprint density at radius 1 is 0.865 bits per heavy atom. The van der Waals surface area contributed by atoms with E-state index in [9.17, 15) is 14.4 Å². The van der Waals surface area contributed by atoms with E-state index in [0.717, 1.165) is 5.56 Å². The van der Waals surface area contributed by atoms with Crippen molar-refractivity contribution in [3.63, 3.8) is 0 Å². The smallest absolute Gasteiger partial charge is 0.336 e. The maximum absolute atomic E-state index is 13.3. The van der Waals surface area contributed by atoms with Crippen LogP contribution in [0, 0.1) is 5.92 Å². The summed E-state index contributed by atoms with van der Waals surface area (Å²) >= 11 is 13.1. The van der Waals surface area contributed by atoms with Crippen molar-refractivity contribution in [1.29, 1.82) is 0 Å². The fourth-order valence-corrected chi connectivity index (χ4v) is 5.07. The van der Waals surface area contributed by atoms with Crippen molar-refractivity contribution < 1.29 is 33.3 Å². The van der Waals surface area contributed by atoms with Crippen molar-refractivity contribution in [3.8, 4) is 5.75 Å². The first kappa shape index (κ1) is 28.2. The second-order valence-electron chi connectivity index (χ2n) is 8.13. The highest BCUT2D eigenvalue weighted by atomic mass is 35.5. The van der Waals surface area contributed by atoms with Crippen LogP contribution < -0.4 is 4.74 Å². The van der Waals surface area contributed by atoms with E-state index in [-0.39, 0.29) is 34.2 Å². The van der Waals surface area contributed by atoms with Crippen molar-refractivity contribution in [2.24, 2.45) is 10.9 Å². The molecule has 8 nitrogen and oxygen atoms in total. The van der Waals surface area contributed by atoms with Gasteiger partial charge in [-0.1, -0.05) is 47.5 Å². The van der Waals surface area contributed by atoms with Gasteiger partial charge in [0.25, 0.3) is 0 Å². The molecule has 2 unspecified atom stereocenters. The summed E-state index contributed by atoms with van der Waals surface area (Å²) < 4.78 is 20.5. The lowest BCUT2D eigenvalue weighted by Gasteiger charge is -2.33. The van der Waals surface area contributed by atoms with Gasteiger partial charge in [-0.05, 0) is 42.2 Å². The molecular formula is C27H27Cl2NO7. The summed E-state index contributed by atoms with van der Waals surface area (Å²) in [5.74, 6) is -3.55. The van der Waals surface area contributed by atoms with Crippen molar-refractivity contribution >= 4 is 46.8 Å². The Morgan fingerprint density at radius 3 is 2.14 bits per heavy atom. The van der Waals surface area contributed by atoms with Gasteiger partial charge < -0.3 is 18.9 Å². The maximum Gasteiger partial charge on any atom is 0.336 e. The number of rotatable bonds is 9. The molecule has 0 aliphatic carbocycles. The molecule has 2 aromatic rings. The summed E-state index contributed by atoms with van der Waals surface area (Å²) in [5.41, 5.74) is 1.82. The van der Waals surface area contributed by atoms with E-state index in [1.165, 1.54) is 21.3 Å². The van der Waals surface area contributed by atoms with Gasteiger partial charge in [-0.25, -0.2) is 4.79 Å². The molecule has 0 saturated carbocycles. The van der Waals surface area contributed by atoms with E-state index in [1.54, 1.807) is 25.3 Å². The molecule has 2 atom stereocenters. The number of esters is 3. The predicted octanol–water partition coefficient (Wildman–Crippen LogP) is 4.95. The number of carbonyl (C=O) groups excluding carboxylic acids is 3. The minimum absolute atomic E-state index is 0.108. The molecule has 0 fully saturated rings. The number of nitrogens with zero attached hydrogens (tertiary/aromatic N) is 1. The number of aryl methyl sites for hydroxylation is 1. The second-order valence-corrected chi connectivity index (χ2v) is 8.95. The van der Waals surface area contributed by atoms with Gasteiger partial charge in [0.1, 0.15) is 11.7 Å². The van der Waals surface area contributed by atoms with Crippen LogP contribution >= 0.6 is 23.2 Å². The number of halogens is 2. The number of ether oxygens (including phenoxy) is 4. The number of hydrogen-bond donors (Lipinski definition) is 0. The van der Waals surface area contributed by atoms with E-state index < -0.39 is 29.7 Å². The lowest BCUT2D eigenvalue weighted by atomic mass is 9.74. The molecule has 0 aromatic heterocycles. The molecule has 1 heterocycles. The summed E-state index contributed by atoms with van der Waals surface area (Å²) in [6.45, 7) is 0. The number of benzene rings is 2. The Bertz CT molecular complexity index is 1230. The van der Waals surface area contributed by atoms with Gasteiger partial charge >= 0.3 is 17.9 Å². The first-order valence-corrected chi connectivity index (χ1v) is 12.1. The zero-order valence-corrected chi connectivity index (χ0v) is 22.4. The standard InChI is InChI=1S/C27H27Cl2NO7/c1-34-20-11-6-5-8-15(20)12-13-18-23(26(32)36-3)25(22-16(28)9-7-10-17(22)29)24(27(33)37-4)19(30-18)14-21(31)35-2/h5-11,24-25H,12-14H2,1-4H3. The molecule has 0 N–H and O–H groups in total. The number of methoxy groups -OCH3 is 4. The van der Waals surface area contributed by atoms with Crippen LogP contribution in [-0.2, 0) is 35.0 Å². The summed E-state index contributed by atoms with van der Waals surface area (Å²) in [6.07, 6.45) is 0.407. The Kier molecular flexibility index (Phi) is 9.72.